The van der Waals surface area contributed by atoms with Gasteiger partial charge in [0, 0.05) is 18.1 Å². The molecule has 3 nitrogen and oxygen atoms in total. The highest BCUT2D eigenvalue weighted by Gasteiger charge is 2.10. The van der Waals surface area contributed by atoms with Crippen molar-refractivity contribution in [2.75, 3.05) is 13.1 Å². The lowest BCUT2D eigenvalue weighted by Gasteiger charge is -2.20. The van der Waals surface area contributed by atoms with Crippen LogP contribution in [0.5, 0.6) is 0 Å². The molecule has 0 aliphatic carbocycles. The van der Waals surface area contributed by atoms with Crippen LogP contribution in [0.2, 0.25) is 5.02 Å². The van der Waals surface area contributed by atoms with Gasteiger partial charge < -0.3 is 10.6 Å². The third kappa shape index (κ3) is 3.68. The van der Waals surface area contributed by atoms with E-state index >= 15 is 0 Å². The van der Waals surface area contributed by atoms with Gasteiger partial charge in [-0.3, -0.25) is 4.79 Å². The van der Waals surface area contributed by atoms with Gasteiger partial charge in [0.1, 0.15) is 0 Å². The zero-order chi connectivity index (χ0) is 12.0. The third-order valence-corrected chi connectivity index (χ3v) is 2.37. The van der Waals surface area contributed by atoms with Crippen molar-refractivity contribution in [1.29, 1.82) is 0 Å². The van der Waals surface area contributed by atoms with E-state index in [0.29, 0.717) is 18.1 Å². The number of benzene rings is 1. The van der Waals surface area contributed by atoms with Gasteiger partial charge in [-0.2, -0.15) is 0 Å². The van der Waals surface area contributed by atoms with E-state index in [2.05, 4.69) is 6.58 Å². The Bertz CT molecular complexity index is 379. The minimum absolute atomic E-state index is 0.00834. The Labute approximate surface area is 100 Å². The molecular weight excluding hydrogens is 224 g/mol. The Kier molecular flexibility index (Phi) is 5.02. The lowest BCUT2D eigenvalue weighted by Crippen LogP contribution is -2.35. The smallest absolute Gasteiger partial charge is 0.236 e. The third-order valence-electron chi connectivity index (χ3n) is 2.14. The molecule has 0 saturated heterocycles. The molecule has 1 amide bonds. The molecule has 0 saturated carbocycles. The van der Waals surface area contributed by atoms with Crippen LogP contribution in [0.25, 0.3) is 0 Å². The molecule has 0 radical (unpaired) electrons. The van der Waals surface area contributed by atoms with E-state index in [9.17, 15) is 4.79 Å². The fraction of sp³-hybridized carbons (Fsp3) is 0.250. The Morgan fingerprint density at radius 1 is 1.56 bits per heavy atom. The highest BCUT2D eigenvalue weighted by Crippen LogP contribution is 2.12. The Balaban J connectivity index is 2.74. The monoisotopic (exact) mass is 238 g/mol. The molecule has 86 valence electrons. The number of hydrogen-bond donors (Lipinski definition) is 1. The number of rotatable bonds is 5. The fourth-order valence-corrected chi connectivity index (χ4v) is 1.61. The summed E-state index contributed by atoms with van der Waals surface area (Å²) >= 11 is 5.87. The van der Waals surface area contributed by atoms with Crippen LogP contribution in [0.3, 0.4) is 0 Å². The summed E-state index contributed by atoms with van der Waals surface area (Å²) in [6.45, 7) is 4.62. The van der Waals surface area contributed by atoms with E-state index < -0.39 is 0 Å². The maximum absolute atomic E-state index is 11.5. The average molecular weight is 239 g/mol. The molecule has 0 atom stereocenters. The van der Waals surface area contributed by atoms with Gasteiger partial charge in [-0.05, 0) is 17.7 Å². The number of carbonyl (C=O) groups excluding carboxylic acids is 1. The van der Waals surface area contributed by atoms with Gasteiger partial charge in [0.2, 0.25) is 5.91 Å². The van der Waals surface area contributed by atoms with Crippen LogP contribution in [0, 0.1) is 0 Å². The molecule has 2 N–H and O–H groups in total. The van der Waals surface area contributed by atoms with E-state index in [1.54, 1.807) is 17.0 Å². The molecule has 0 heterocycles. The maximum Gasteiger partial charge on any atom is 0.236 e. The van der Waals surface area contributed by atoms with Crippen LogP contribution in [0.1, 0.15) is 5.56 Å². The lowest BCUT2D eigenvalue weighted by atomic mass is 10.2. The summed E-state index contributed by atoms with van der Waals surface area (Å²) in [5.74, 6) is -0.0973. The van der Waals surface area contributed by atoms with E-state index in [1.807, 2.05) is 18.2 Å². The van der Waals surface area contributed by atoms with E-state index in [1.165, 1.54) is 0 Å². The van der Waals surface area contributed by atoms with Crippen molar-refractivity contribution in [1.82, 2.24) is 4.90 Å². The Hall–Kier alpha value is -1.32. The first-order chi connectivity index (χ1) is 7.67. The van der Waals surface area contributed by atoms with Crippen LogP contribution >= 0.6 is 11.6 Å². The highest BCUT2D eigenvalue weighted by molar-refractivity contribution is 6.30. The molecule has 0 spiro atoms. The van der Waals surface area contributed by atoms with E-state index in [-0.39, 0.29) is 12.5 Å². The second kappa shape index (κ2) is 6.30. The fourth-order valence-electron chi connectivity index (χ4n) is 1.40. The van der Waals surface area contributed by atoms with Gasteiger partial charge in [-0.15, -0.1) is 6.58 Å². The number of hydrogen-bond acceptors (Lipinski definition) is 2. The van der Waals surface area contributed by atoms with Gasteiger partial charge in [-0.25, -0.2) is 0 Å². The van der Waals surface area contributed by atoms with Crippen molar-refractivity contribution in [3.05, 3.63) is 47.5 Å². The number of halogens is 1. The van der Waals surface area contributed by atoms with Gasteiger partial charge in [0.15, 0.2) is 0 Å². The first-order valence-electron chi connectivity index (χ1n) is 5.00. The van der Waals surface area contributed by atoms with Crippen LogP contribution < -0.4 is 5.73 Å². The SMILES string of the molecule is C=CCN(Cc1cccc(Cl)c1)C(=O)CN. The predicted octanol–water partition coefficient (Wildman–Crippen LogP) is 1.81. The lowest BCUT2D eigenvalue weighted by molar-refractivity contribution is -0.129. The second-order valence-corrected chi connectivity index (χ2v) is 3.83. The van der Waals surface area contributed by atoms with Crippen molar-refractivity contribution >= 4 is 17.5 Å². The molecule has 0 aliphatic rings. The topological polar surface area (TPSA) is 46.3 Å². The summed E-state index contributed by atoms with van der Waals surface area (Å²) < 4.78 is 0. The number of amides is 1. The maximum atomic E-state index is 11.5. The quantitative estimate of drug-likeness (QED) is 0.796. The first-order valence-corrected chi connectivity index (χ1v) is 5.38. The van der Waals surface area contributed by atoms with Crippen molar-refractivity contribution in [3.8, 4) is 0 Å². The van der Waals surface area contributed by atoms with Gasteiger partial charge >= 0.3 is 0 Å². The summed E-state index contributed by atoms with van der Waals surface area (Å²) in [6, 6.07) is 7.41. The van der Waals surface area contributed by atoms with Crippen LogP contribution in [0.4, 0.5) is 0 Å². The van der Waals surface area contributed by atoms with E-state index in [4.69, 9.17) is 17.3 Å². The normalized spacial score (nSPS) is 9.88. The molecule has 0 aliphatic heterocycles. The van der Waals surface area contributed by atoms with Crippen molar-refractivity contribution in [3.63, 3.8) is 0 Å². The molecule has 0 aromatic heterocycles. The molecule has 0 fully saturated rings. The molecule has 1 rings (SSSR count). The van der Waals surface area contributed by atoms with Gasteiger partial charge in [0.25, 0.3) is 0 Å². The van der Waals surface area contributed by atoms with E-state index in [0.717, 1.165) is 5.56 Å². The minimum atomic E-state index is -0.0973. The van der Waals surface area contributed by atoms with Gasteiger partial charge in [-0.1, -0.05) is 29.8 Å². The highest BCUT2D eigenvalue weighted by atomic mass is 35.5. The molecule has 0 bridgehead atoms. The molecule has 4 heteroatoms. The minimum Gasteiger partial charge on any atom is -0.334 e. The number of nitrogens with two attached hydrogens (primary N) is 1. The summed E-state index contributed by atoms with van der Waals surface area (Å²) in [5.41, 5.74) is 6.32. The number of carbonyl (C=O) groups is 1. The first kappa shape index (κ1) is 12.7. The van der Waals surface area contributed by atoms with Crippen LogP contribution in [-0.2, 0) is 11.3 Å². The molecule has 1 aromatic carbocycles. The van der Waals surface area contributed by atoms with Crippen molar-refractivity contribution in [2.24, 2.45) is 5.73 Å². The largest absolute Gasteiger partial charge is 0.334 e. The Morgan fingerprint density at radius 2 is 2.31 bits per heavy atom. The summed E-state index contributed by atoms with van der Waals surface area (Å²) in [4.78, 5) is 13.1. The molecular formula is C12H15ClN2O. The predicted molar refractivity (Wildman–Crippen MR) is 66.1 cm³/mol. The second-order valence-electron chi connectivity index (χ2n) is 3.40. The summed E-state index contributed by atoms with van der Waals surface area (Å²) in [6.07, 6.45) is 1.68. The molecule has 0 unspecified atom stereocenters. The zero-order valence-electron chi connectivity index (χ0n) is 9.03. The van der Waals surface area contributed by atoms with Crippen LogP contribution in [0.15, 0.2) is 36.9 Å². The van der Waals surface area contributed by atoms with Crippen molar-refractivity contribution in [2.45, 2.75) is 6.54 Å². The van der Waals surface area contributed by atoms with Crippen LogP contribution in [-0.4, -0.2) is 23.9 Å². The zero-order valence-corrected chi connectivity index (χ0v) is 9.78. The standard InChI is InChI=1S/C12H15ClN2O/c1-2-6-15(12(16)8-14)9-10-4-3-5-11(13)7-10/h2-5,7H,1,6,8-9,14H2. The van der Waals surface area contributed by atoms with Crippen molar-refractivity contribution < 1.29 is 4.79 Å². The number of nitrogens with zero attached hydrogens (tertiary/aromatic N) is 1. The Morgan fingerprint density at radius 3 is 2.88 bits per heavy atom. The summed E-state index contributed by atoms with van der Waals surface area (Å²) in [7, 11) is 0. The van der Waals surface area contributed by atoms with Gasteiger partial charge in [0.05, 0.1) is 6.54 Å². The molecule has 16 heavy (non-hydrogen) atoms. The average Bonchev–Trinajstić information content (AvgIpc) is 2.27. The summed E-state index contributed by atoms with van der Waals surface area (Å²) in [5, 5.41) is 0.663. The molecule has 1 aromatic rings.